The molecule has 0 spiro atoms. The van der Waals surface area contributed by atoms with Gasteiger partial charge in [0.05, 0.1) is 6.10 Å². The summed E-state index contributed by atoms with van der Waals surface area (Å²) < 4.78 is 5.44. The molecule has 2 aromatic rings. The highest BCUT2D eigenvalue weighted by Gasteiger charge is 2.40. The Bertz CT molecular complexity index is 1290. The molecule has 1 N–H and O–H groups in total. The van der Waals surface area contributed by atoms with Crippen LogP contribution in [0.1, 0.15) is 33.5 Å². The Labute approximate surface area is 230 Å². The summed E-state index contributed by atoms with van der Waals surface area (Å²) in [6.45, 7) is 4.93. The molecule has 3 heterocycles. The van der Waals surface area contributed by atoms with E-state index in [2.05, 4.69) is 28.4 Å². The Morgan fingerprint density at radius 2 is 1.90 bits per heavy atom. The zero-order valence-electron chi connectivity index (χ0n) is 23.1. The van der Waals surface area contributed by atoms with E-state index in [0.29, 0.717) is 31.6 Å². The number of ether oxygens (including phenoxy) is 1. The molecule has 1 fully saturated rings. The molecular formula is C30H37N5O4. The number of benzene rings is 2. The molecular weight excluding hydrogens is 494 g/mol. The molecule has 39 heavy (non-hydrogen) atoms. The van der Waals surface area contributed by atoms with Crippen LogP contribution in [0.15, 0.2) is 54.6 Å². The first kappa shape index (κ1) is 26.9. The summed E-state index contributed by atoms with van der Waals surface area (Å²) in [5.41, 5.74) is 4.56. The molecule has 0 saturated carbocycles. The molecule has 9 heteroatoms. The fraction of sp³-hybridized carbons (Fsp3) is 0.433. The topological polar surface area (TPSA) is 85.4 Å². The third kappa shape index (κ3) is 5.42. The van der Waals surface area contributed by atoms with Crippen molar-refractivity contribution in [2.75, 3.05) is 45.7 Å². The third-order valence-corrected chi connectivity index (χ3v) is 8.04. The Morgan fingerprint density at radius 3 is 2.64 bits per heavy atom. The third-order valence-electron chi connectivity index (χ3n) is 8.04. The van der Waals surface area contributed by atoms with Gasteiger partial charge in [-0.05, 0) is 41.8 Å². The lowest BCUT2D eigenvalue weighted by Crippen LogP contribution is -2.49. The maximum absolute atomic E-state index is 13.8. The highest BCUT2D eigenvalue weighted by Crippen LogP contribution is 2.31. The second kappa shape index (κ2) is 11.2. The monoisotopic (exact) mass is 531 g/mol. The average molecular weight is 532 g/mol. The predicted molar refractivity (Wildman–Crippen MR) is 149 cm³/mol. The van der Waals surface area contributed by atoms with Crippen LogP contribution in [0.5, 0.6) is 0 Å². The first-order chi connectivity index (χ1) is 18.8. The van der Waals surface area contributed by atoms with Crippen LogP contribution < -0.4 is 10.2 Å². The molecule has 206 valence electrons. The molecule has 0 bridgehead atoms. The van der Waals surface area contributed by atoms with Crippen LogP contribution in [0, 0.1) is 6.92 Å². The van der Waals surface area contributed by atoms with Crippen LogP contribution >= 0.6 is 0 Å². The van der Waals surface area contributed by atoms with E-state index in [1.165, 1.54) is 4.90 Å². The van der Waals surface area contributed by atoms with Crippen molar-refractivity contribution < 1.29 is 19.1 Å². The van der Waals surface area contributed by atoms with Gasteiger partial charge >= 0.3 is 6.03 Å². The van der Waals surface area contributed by atoms with Gasteiger partial charge in [-0.15, -0.1) is 0 Å². The summed E-state index contributed by atoms with van der Waals surface area (Å²) in [4.78, 5) is 46.8. The van der Waals surface area contributed by atoms with Crippen molar-refractivity contribution in [3.8, 4) is 0 Å². The highest BCUT2D eigenvalue weighted by atomic mass is 16.5. The van der Waals surface area contributed by atoms with Crippen LogP contribution in [0.4, 0.5) is 10.5 Å². The van der Waals surface area contributed by atoms with Gasteiger partial charge in [-0.3, -0.25) is 14.5 Å². The fourth-order valence-corrected chi connectivity index (χ4v) is 5.75. The van der Waals surface area contributed by atoms with Gasteiger partial charge in [-0.1, -0.05) is 36.4 Å². The van der Waals surface area contributed by atoms with Crippen molar-refractivity contribution in [2.24, 2.45) is 0 Å². The molecule has 0 radical (unpaired) electrons. The number of para-hydroxylation sites is 1. The van der Waals surface area contributed by atoms with Gasteiger partial charge in [-0.25, -0.2) is 4.79 Å². The number of anilines is 1. The number of hydrogen-bond donors (Lipinski definition) is 1. The molecule has 9 nitrogen and oxygen atoms in total. The predicted octanol–water partition coefficient (Wildman–Crippen LogP) is 2.78. The number of carbonyl (C=O) groups excluding carboxylic acids is 3. The van der Waals surface area contributed by atoms with E-state index in [9.17, 15) is 14.4 Å². The number of likely N-dealkylation sites (N-methyl/N-ethyl adjacent to an activating group) is 1. The number of nitrogens with zero attached hydrogens (tertiary/aromatic N) is 4. The maximum Gasteiger partial charge on any atom is 0.318 e. The molecule has 0 aliphatic carbocycles. The summed E-state index contributed by atoms with van der Waals surface area (Å²) in [6, 6.07) is 13.1. The van der Waals surface area contributed by atoms with Crippen LogP contribution in [0.25, 0.3) is 0 Å². The standard InChI is InChI=1S/C30H37N5O4/c1-20-14-21(28(36)34-18-24-9-7-13-33(24)17-23-8-5-6-10-26(23)34)11-12-22(20)16-31-30(38)35-19-25(39-4)15-27(35)29(37)32(2)3/h5-12,14,24-25,27H,13,15-19H2,1-4H3,(H,31,38)/t24?,25-,27+/m1/s1. The number of nitrogens with one attached hydrogen (secondary N) is 1. The van der Waals surface area contributed by atoms with Crippen LogP contribution in [0.2, 0.25) is 0 Å². The fourth-order valence-electron chi connectivity index (χ4n) is 5.75. The van der Waals surface area contributed by atoms with E-state index in [-0.39, 0.29) is 30.0 Å². The molecule has 5 rings (SSSR count). The Balaban J connectivity index is 1.29. The van der Waals surface area contributed by atoms with E-state index in [1.807, 2.05) is 48.2 Å². The summed E-state index contributed by atoms with van der Waals surface area (Å²) in [5, 5.41) is 2.96. The molecule has 3 aliphatic rings. The lowest BCUT2D eigenvalue weighted by atomic mass is 10.0. The van der Waals surface area contributed by atoms with Gasteiger partial charge in [0.25, 0.3) is 5.91 Å². The summed E-state index contributed by atoms with van der Waals surface area (Å²) in [6.07, 6.45) is 4.66. The SMILES string of the molecule is CO[C@@H]1C[C@@H](C(=O)N(C)C)N(C(=O)NCc2ccc(C(=O)N3CC4C=CCN4Cc4ccccc43)cc2C)C1. The van der Waals surface area contributed by atoms with Crippen molar-refractivity contribution >= 4 is 23.5 Å². The number of carbonyl (C=O) groups is 3. The van der Waals surface area contributed by atoms with Gasteiger partial charge in [0.2, 0.25) is 5.91 Å². The smallest absolute Gasteiger partial charge is 0.318 e. The molecule has 3 atom stereocenters. The van der Waals surface area contributed by atoms with E-state index in [4.69, 9.17) is 4.74 Å². The minimum Gasteiger partial charge on any atom is -0.380 e. The van der Waals surface area contributed by atoms with Crippen molar-refractivity contribution in [1.82, 2.24) is 20.0 Å². The maximum atomic E-state index is 13.8. The van der Waals surface area contributed by atoms with E-state index in [1.54, 1.807) is 26.1 Å². The number of hydrogen-bond acceptors (Lipinski definition) is 5. The summed E-state index contributed by atoms with van der Waals surface area (Å²) in [7, 11) is 4.98. The molecule has 3 aliphatic heterocycles. The first-order valence-electron chi connectivity index (χ1n) is 13.4. The Morgan fingerprint density at radius 1 is 1.10 bits per heavy atom. The number of methoxy groups -OCH3 is 1. The van der Waals surface area contributed by atoms with E-state index in [0.717, 1.165) is 35.5 Å². The Hall–Kier alpha value is -3.69. The highest BCUT2D eigenvalue weighted by molar-refractivity contribution is 6.07. The molecule has 1 saturated heterocycles. The van der Waals surface area contributed by atoms with Gasteiger partial charge in [0.1, 0.15) is 6.04 Å². The van der Waals surface area contributed by atoms with Crippen molar-refractivity contribution in [1.29, 1.82) is 0 Å². The second-order valence-electron chi connectivity index (χ2n) is 10.8. The first-order valence-corrected chi connectivity index (χ1v) is 13.4. The number of urea groups is 1. The Kier molecular flexibility index (Phi) is 7.72. The zero-order chi connectivity index (χ0) is 27.7. The zero-order valence-corrected chi connectivity index (χ0v) is 23.1. The largest absolute Gasteiger partial charge is 0.380 e. The number of likely N-dealkylation sites (tertiary alicyclic amines) is 1. The van der Waals surface area contributed by atoms with Gasteiger partial charge in [0.15, 0.2) is 0 Å². The van der Waals surface area contributed by atoms with Gasteiger partial charge < -0.3 is 24.8 Å². The number of aryl methyl sites for hydroxylation is 1. The van der Waals surface area contributed by atoms with Crippen LogP contribution in [0.3, 0.4) is 0 Å². The lowest BCUT2D eigenvalue weighted by molar-refractivity contribution is -0.132. The van der Waals surface area contributed by atoms with Crippen LogP contribution in [-0.4, -0.2) is 91.6 Å². The number of fused-ring (bicyclic) bond motifs is 2. The van der Waals surface area contributed by atoms with Crippen LogP contribution in [-0.2, 0) is 22.6 Å². The van der Waals surface area contributed by atoms with Gasteiger partial charge in [0, 0.05) is 77.6 Å². The summed E-state index contributed by atoms with van der Waals surface area (Å²) in [5.74, 6) is -0.147. The van der Waals surface area contributed by atoms with Crippen molar-refractivity contribution in [3.63, 3.8) is 0 Å². The van der Waals surface area contributed by atoms with Crippen molar-refractivity contribution in [3.05, 3.63) is 76.9 Å². The van der Waals surface area contributed by atoms with E-state index < -0.39 is 6.04 Å². The number of rotatable bonds is 5. The molecule has 1 unspecified atom stereocenters. The quantitative estimate of drug-likeness (QED) is 0.600. The normalized spacial score (nSPS) is 22.3. The lowest BCUT2D eigenvalue weighted by Gasteiger charge is -2.27. The minimum atomic E-state index is -0.548. The molecule has 4 amide bonds. The minimum absolute atomic E-state index is 0.0315. The summed E-state index contributed by atoms with van der Waals surface area (Å²) >= 11 is 0. The molecule has 2 aromatic carbocycles. The average Bonchev–Trinajstić information content (AvgIpc) is 3.54. The van der Waals surface area contributed by atoms with Gasteiger partial charge in [-0.2, -0.15) is 0 Å². The number of amides is 4. The second-order valence-corrected chi connectivity index (χ2v) is 10.8. The van der Waals surface area contributed by atoms with E-state index >= 15 is 0 Å². The molecule has 0 aromatic heterocycles. The van der Waals surface area contributed by atoms with Crippen molar-refractivity contribution in [2.45, 2.75) is 44.6 Å².